The molecule has 2 N–H and O–H groups in total. The minimum absolute atomic E-state index is 0.116. The number of guanidine groups is 1. The number of hydrogen-bond donors (Lipinski definition) is 2. The van der Waals surface area contributed by atoms with Gasteiger partial charge in [-0.05, 0) is 37.5 Å². The van der Waals surface area contributed by atoms with Crippen LogP contribution in [0.1, 0.15) is 32.3 Å². The third kappa shape index (κ3) is 4.87. The standard InChI is InChI=1S/C17H26N4O2/c1-4-18-17(21-9-5-6-10-21)19-12-14-7-8-16(23-3)15(11-14)20-13(2)22/h7-8,11H,4-6,9-10,12H2,1-3H3,(H,18,19)(H,20,22). The van der Waals surface area contributed by atoms with Gasteiger partial charge in [0.15, 0.2) is 5.96 Å². The highest BCUT2D eigenvalue weighted by atomic mass is 16.5. The molecular weight excluding hydrogens is 292 g/mol. The van der Waals surface area contributed by atoms with Gasteiger partial charge in [0.05, 0.1) is 19.3 Å². The first-order valence-corrected chi connectivity index (χ1v) is 8.11. The Balaban J connectivity index is 2.13. The Labute approximate surface area is 137 Å². The van der Waals surface area contributed by atoms with Crippen molar-refractivity contribution >= 4 is 17.6 Å². The lowest BCUT2D eigenvalue weighted by Crippen LogP contribution is -2.39. The van der Waals surface area contributed by atoms with Crippen LogP contribution in [0.4, 0.5) is 5.69 Å². The van der Waals surface area contributed by atoms with E-state index in [1.165, 1.54) is 19.8 Å². The molecule has 1 aliphatic rings. The zero-order valence-corrected chi connectivity index (χ0v) is 14.2. The molecule has 6 heteroatoms. The summed E-state index contributed by atoms with van der Waals surface area (Å²) in [5.74, 6) is 1.50. The van der Waals surface area contributed by atoms with Gasteiger partial charge in [-0.2, -0.15) is 0 Å². The summed E-state index contributed by atoms with van der Waals surface area (Å²) >= 11 is 0. The van der Waals surface area contributed by atoms with Crippen LogP contribution in [-0.4, -0.2) is 43.5 Å². The molecule has 1 amide bonds. The Hall–Kier alpha value is -2.24. The zero-order valence-electron chi connectivity index (χ0n) is 14.2. The number of amides is 1. The molecule has 126 valence electrons. The van der Waals surface area contributed by atoms with Gasteiger partial charge in [0.25, 0.3) is 0 Å². The van der Waals surface area contributed by atoms with E-state index in [0.29, 0.717) is 18.0 Å². The predicted molar refractivity (Wildman–Crippen MR) is 92.9 cm³/mol. The summed E-state index contributed by atoms with van der Waals surface area (Å²) in [6.07, 6.45) is 2.44. The van der Waals surface area contributed by atoms with Gasteiger partial charge in [0.1, 0.15) is 5.75 Å². The molecule has 1 aliphatic heterocycles. The molecule has 0 spiro atoms. The number of methoxy groups -OCH3 is 1. The van der Waals surface area contributed by atoms with E-state index >= 15 is 0 Å². The molecule has 2 rings (SSSR count). The molecule has 0 bridgehead atoms. The number of carbonyl (C=O) groups is 1. The molecule has 0 unspecified atom stereocenters. The number of hydrogen-bond acceptors (Lipinski definition) is 3. The number of anilines is 1. The molecule has 1 fully saturated rings. The first kappa shape index (κ1) is 17.1. The SMILES string of the molecule is CCNC(=NCc1ccc(OC)c(NC(C)=O)c1)N1CCCC1. The van der Waals surface area contributed by atoms with Crippen LogP contribution in [0, 0.1) is 0 Å². The lowest BCUT2D eigenvalue weighted by Gasteiger charge is -2.20. The first-order chi connectivity index (χ1) is 11.1. The summed E-state index contributed by atoms with van der Waals surface area (Å²) < 4.78 is 5.28. The number of benzene rings is 1. The van der Waals surface area contributed by atoms with Crippen LogP contribution in [0.3, 0.4) is 0 Å². The highest BCUT2D eigenvalue weighted by Crippen LogP contribution is 2.25. The topological polar surface area (TPSA) is 66.0 Å². The van der Waals surface area contributed by atoms with Crippen molar-refractivity contribution in [2.75, 3.05) is 32.1 Å². The fraction of sp³-hybridized carbons (Fsp3) is 0.529. The Bertz CT molecular complexity index is 566. The molecule has 23 heavy (non-hydrogen) atoms. The summed E-state index contributed by atoms with van der Waals surface area (Å²) in [4.78, 5) is 18.3. The molecule has 0 aromatic heterocycles. The van der Waals surface area contributed by atoms with Crippen molar-refractivity contribution in [2.45, 2.75) is 33.2 Å². The average Bonchev–Trinajstić information content (AvgIpc) is 3.05. The number of likely N-dealkylation sites (tertiary alicyclic amines) is 1. The van der Waals surface area contributed by atoms with Crippen molar-refractivity contribution in [3.05, 3.63) is 23.8 Å². The summed E-state index contributed by atoms with van der Waals surface area (Å²) in [5, 5.41) is 6.14. The summed E-state index contributed by atoms with van der Waals surface area (Å²) in [7, 11) is 1.59. The molecule has 1 aromatic rings. The quantitative estimate of drug-likeness (QED) is 0.645. The Morgan fingerprint density at radius 1 is 1.35 bits per heavy atom. The van der Waals surface area contributed by atoms with E-state index in [2.05, 4.69) is 22.5 Å². The molecular formula is C17H26N4O2. The molecule has 0 saturated carbocycles. The monoisotopic (exact) mass is 318 g/mol. The maximum Gasteiger partial charge on any atom is 0.221 e. The molecule has 1 saturated heterocycles. The molecule has 1 aromatic carbocycles. The van der Waals surface area contributed by atoms with E-state index in [1.807, 2.05) is 18.2 Å². The first-order valence-electron chi connectivity index (χ1n) is 8.11. The Morgan fingerprint density at radius 2 is 2.09 bits per heavy atom. The van der Waals surface area contributed by atoms with Gasteiger partial charge in [-0.3, -0.25) is 4.79 Å². The van der Waals surface area contributed by atoms with E-state index in [-0.39, 0.29) is 5.91 Å². The van der Waals surface area contributed by atoms with Crippen LogP contribution in [0.15, 0.2) is 23.2 Å². The lowest BCUT2D eigenvalue weighted by molar-refractivity contribution is -0.114. The fourth-order valence-corrected chi connectivity index (χ4v) is 2.66. The number of nitrogens with one attached hydrogen (secondary N) is 2. The smallest absolute Gasteiger partial charge is 0.221 e. The van der Waals surface area contributed by atoms with E-state index in [4.69, 9.17) is 9.73 Å². The zero-order chi connectivity index (χ0) is 16.7. The van der Waals surface area contributed by atoms with Crippen molar-refractivity contribution in [3.63, 3.8) is 0 Å². The lowest BCUT2D eigenvalue weighted by atomic mass is 10.2. The molecule has 1 heterocycles. The van der Waals surface area contributed by atoms with Crippen LogP contribution in [0.25, 0.3) is 0 Å². The third-order valence-corrected chi connectivity index (χ3v) is 3.73. The largest absolute Gasteiger partial charge is 0.495 e. The maximum absolute atomic E-state index is 11.3. The molecule has 0 aliphatic carbocycles. The van der Waals surface area contributed by atoms with Gasteiger partial charge in [-0.15, -0.1) is 0 Å². The summed E-state index contributed by atoms with van der Waals surface area (Å²) in [6.45, 7) is 7.11. The maximum atomic E-state index is 11.3. The Morgan fingerprint density at radius 3 is 2.70 bits per heavy atom. The molecule has 0 atom stereocenters. The minimum Gasteiger partial charge on any atom is -0.495 e. The minimum atomic E-state index is -0.116. The van der Waals surface area contributed by atoms with Crippen molar-refractivity contribution in [1.29, 1.82) is 0 Å². The van der Waals surface area contributed by atoms with Crippen LogP contribution in [0.2, 0.25) is 0 Å². The highest BCUT2D eigenvalue weighted by molar-refractivity contribution is 5.90. The van der Waals surface area contributed by atoms with Crippen LogP contribution >= 0.6 is 0 Å². The van der Waals surface area contributed by atoms with Crippen molar-refractivity contribution in [2.24, 2.45) is 4.99 Å². The van der Waals surface area contributed by atoms with E-state index in [1.54, 1.807) is 7.11 Å². The second-order valence-electron chi connectivity index (χ2n) is 5.58. The number of ether oxygens (including phenoxy) is 1. The number of nitrogens with zero attached hydrogens (tertiary/aromatic N) is 2. The number of aliphatic imine (C=N–C) groups is 1. The summed E-state index contributed by atoms with van der Waals surface area (Å²) in [6, 6.07) is 5.75. The van der Waals surface area contributed by atoms with E-state index in [9.17, 15) is 4.79 Å². The van der Waals surface area contributed by atoms with E-state index in [0.717, 1.165) is 31.2 Å². The van der Waals surface area contributed by atoms with Crippen LogP contribution < -0.4 is 15.4 Å². The van der Waals surface area contributed by atoms with Crippen molar-refractivity contribution < 1.29 is 9.53 Å². The van der Waals surface area contributed by atoms with Gasteiger partial charge in [-0.25, -0.2) is 4.99 Å². The van der Waals surface area contributed by atoms with Crippen LogP contribution in [0.5, 0.6) is 5.75 Å². The highest BCUT2D eigenvalue weighted by Gasteiger charge is 2.15. The van der Waals surface area contributed by atoms with Crippen molar-refractivity contribution in [1.82, 2.24) is 10.2 Å². The van der Waals surface area contributed by atoms with Gasteiger partial charge in [-0.1, -0.05) is 6.07 Å². The normalized spacial score (nSPS) is 14.7. The number of carbonyl (C=O) groups excluding carboxylic acids is 1. The fourth-order valence-electron chi connectivity index (χ4n) is 2.66. The number of rotatable bonds is 5. The molecule has 6 nitrogen and oxygen atoms in total. The second-order valence-corrected chi connectivity index (χ2v) is 5.58. The van der Waals surface area contributed by atoms with Gasteiger partial charge in [0.2, 0.25) is 5.91 Å². The summed E-state index contributed by atoms with van der Waals surface area (Å²) in [5.41, 5.74) is 1.71. The Kier molecular flexibility index (Phi) is 6.26. The predicted octanol–water partition coefficient (Wildman–Crippen LogP) is 2.21. The second kappa shape index (κ2) is 8.41. The average molecular weight is 318 g/mol. The van der Waals surface area contributed by atoms with Gasteiger partial charge < -0.3 is 20.3 Å². The van der Waals surface area contributed by atoms with Gasteiger partial charge in [0, 0.05) is 26.6 Å². The third-order valence-electron chi connectivity index (χ3n) is 3.73. The van der Waals surface area contributed by atoms with Crippen molar-refractivity contribution in [3.8, 4) is 5.75 Å². The van der Waals surface area contributed by atoms with Crippen LogP contribution in [-0.2, 0) is 11.3 Å². The molecule has 0 radical (unpaired) electrons. The van der Waals surface area contributed by atoms with Gasteiger partial charge >= 0.3 is 0 Å². The van der Waals surface area contributed by atoms with E-state index < -0.39 is 0 Å².